The molecule has 0 aliphatic carbocycles. The Bertz CT molecular complexity index is 163. The van der Waals surface area contributed by atoms with Gasteiger partial charge in [0.1, 0.15) is 0 Å². The number of carbonyl (C=O) groups is 1. The molecule has 3 nitrogen and oxygen atoms in total. The molecular weight excluding hydrogens is 178 g/mol. The van der Waals surface area contributed by atoms with Gasteiger partial charge in [0.15, 0.2) is 0 Å². The van der Waals surface area contributed by atoms with E-state index in [1.54, 1.807) is 0 Å². The maximum absolute atomic E-state index is 10.7. The van der Waals surface area contributed by atoms with Gasteiger partial charge in [-0.2, -0.15) is 0 Å². The van der Waals surface area contributed by atoms with Crippen molar-refractivity contribution >= 4 is 6.41 Å². The molecule has 1 atom stereocenters. The first-order valence-corrected chi connectivity index (χ1v) is 5.30. The molecule has 0 aromatic heterocycles. The molecule has 14 heavy (non-hydrogen) atoms. The van der Waals surface area contributed by atoms with Gasteiger partial charge in [0.25, 0.3) is 0 Å². The van der Waals surface area contributed by atoms with E-state index in [4.69, 9.17) is 4.84 Å². The number of hydroxylamine groups is 2. The third-order valence-electron chi connectivity index (χ3n) is 1.78. The highest BCUT2D eigenvalue weighted by molar-refractivity contribution is 5.45. The molecule has 84 valence electrons. The molecule has 0 aromatic rings. The van der Waals surface area contributed by atoms with E-state index in [1.165, 1.54) is 5.06 Å². The van der Waals surface area contributed by atoms with Crippen molar-refractivity contribution in [3.8, 4) is 0 Å². The molecule has 1 amide bonds. The summed E-state index contributed by atoms with van der Waals surface area (Å²) < 4.78 is 0. The van der Waals surface area contributed by atoms with Gasteiger partial charge in [0.05, 0.1) is 12.1 Å². The summed E-state index contributed by atoms with van der Waals surface area (Å²) in [7, 11) is 0. The predicted molar refractivity (Wildman–Crippen MR) is 57.7 cm³/mol. The molecule has 0 aliphatic heterocycles. The molecule has 0 rings (SSSR count). The first-order valence-electron chi connectivity index (χ1n) is 5.30. The van der Waals surface area contributed by atoms with Crippen molar-refractivity contribution in [3.63, 3.8) is 0 Å². The van der Waals surface area contributed by atoms with Gasteiger partial charge >= 0.3 is 0 Å². The van der Waals surface area contributed by atoms with E-state index in [0.717, 1.165) is 19.3 Å². The zero-order valence-corrected chi connectivity index (χ0v) is 10.0. The predicted octanol–water partition coefficient (Wildman–Crippen LogP) is 2.61. The van der Waals surface area contributed by atoms with Crippen molar-refractivity contribution in [2.24, 2.45) is 5.92 Å². The summed E-state index contributed by atoms with van der Waals surface area (Å²) in [5, 5.41) is 1.40. The Morgan fingerprint density at radius 1 is 1.43 bits per heavy atom. The van der Waals surface area contributed by atoms with Crippen LogP contribution in [0.3, 0.4) is 0 Å². The average Bonchev–Trinajstić information content (AvgIpc) is 2.01. The normalized spacial score (nSPS) is 13.8. The van der Waals surface area contributed by atoms with E-state index < -0.39 is 0 Å². The molecule has 1 unspecified atom stereocenters. The van der Waals surface area contributed by atoms with Crippen molar-refractivity contribution in [1.82, 2.24) is 5.06 Å². The van der Waals surface area contributed by atoms with Crippen LogP contribution in [0.4, 0.5) is 0 Å². The molecule has 0 fully saturated rings. The smallest absolute Gasteiger partial charge is 0.233 e. The van der Waals surface area contributed by atoms with Crippen LogP contribution < -0.4 is 0 Å². The highest BCUT2D eigenvalue weighted by Gasteiger charge is 2.17. The number of rotatable bonds is 6. The van der Waals surface area contributed by atoms with E-state index in [1.807, 2.05) is 20.8 Å². The minimum Gasteiger partial charge on any atom is -0.276 e. The lowest BCUT2D eigenvalue weighted by atomic mass is 10.1. The maximum Gasteiger partial charge on any atom is 0.233 e. The van der Waals surface area contributed by atoms with Gasteiger partial charge in [-0.15, -0.1) is 0 Å². The molecule has 3 heteroatoms. The summed E-state index contributed by atoms with van der Waals surface area (Å²) in [6.45, 7) is 10.8. The lowest BCUT2D eigenvalue weighted by molar-refractivity contribution is -0.219. The number of amides is 1. The zero-order valence-electron chi connectivity index (χ0n) is 10.0. The fourth-order valence-electron chi connectivity index (χ4n) is 1.34. The van der Waals surface area contributed by atoms with Crippen LogP contribution in [0.25, 0.3) is 0 Å². The largest absolute Gasteiger partial charge is 0.276 e. The fraction of sp³-hybridized carbons (Fsp3) is 0.909. The third-order valence-corrected chi connectivity index (χ3v) is 1.78. The molecule has 0 heterocycles. The van der Waals surface area contributed by atoms with Gasteiger partial charge in [-0.3, -0.25) is 9.63 Å². The standard InChI is InChI=1S/C11H23NO2/c1-6-7-10(2)8-12(9-13)14-11(3,4)5/h9-10H,6-8H2,1-5H3. The summed E-state index contributed by atoms with van der Waals surface area (Å²) >= 11 is 0. The number of hydrogen-bond donors (Lipinski definition) is 0. The molecule has 0 aromatic carbocycles. The molecular formula is C11H23NO2. The topological polar surface area (TPSA) is 29.5 Å². The van der Waals surface area contributed by atoms with Crippen molar-refractivity contribution in [1.29, 1.82) is 0 Å². The highest BCUT2D eigenvalue weighted by atomic mass is 16.7. The summed E-state index contributed by atoms with van der Waals surface area (Å²) in [4.78, 5) is 16.2. The summed E-state index contributed by atoms with van der Waals surface area (Å²) in [6, 6.07) is 0. The van der Waals surface area contributed by atoms with Gasteiger partial charge in [-0.05, 0) is 33.1 Å². The van der Waals surface area contributed by atoms with Gasteiger partial charge in [-0.1, -0.05) is 20.3 Å². The molecule has 0 saturated heterocycles. The SMILES string of the molecule is CCCC(C)CN(C=O)OC(C)(C)C. The summed E-state index contributed by atoms with van der Waals surface area (Å²) in [5.41, 5.74) is -0.299. The Hall–Kier alpha value is -0.570. The van der Waals surface area contributed by atoms with E-state index >= 15 is 0 Å². The van der Waals surface area contributed by atoms with Crippen LogP contribution in [0.2, 0.25) is 0 Å². The summed E-state index contributed by atoms with van der Waals surface area (Å²) in [6.07, 6.45) is 3.03. The van der Waals surface area contributed by atoms with Gasteiger partial charge in [0.2, 0.25) is 6.41 Å². The first kappa shape index (κ1) is 13.4. The Labute approximate surface area is 87.4 Å². The highest BCUT2D eigenvalue weighted by Crippen LogP contribution is 2.12. The zero-order chi connectivity index (χ0) is 11.2. The van der Waals surface area contributed by atoms with Gasteiger partial charge in [-0.25, -0.2) is 5.06 Å². The Morgan fingerprint density at radius 3 is 2.36 bits per heavy atom. The maximum atomic E-state index is 10.7. The minimum atomic E-state index is -0.299. The monoisotopic (exact) mass is 201 g/mol. The van der Waals surface area contributed by atoms with Crippen LogP contribution in [0, 0.1) is 5.92 Å². The molecule has 0 radical (unpaired) electrons. The Balaban J connectivity index is 3.96. The van der Waals surface area contributed by atoms with Crippen molar-refractivity contribution in [2.75, 3.05) is 6.54 Å². The molecule has 0 spiro atoms. The summed E-state index contributed by atoms with van der Waals surface area (Å²) in [5.74, 6) is 0.493. The second-order valence-corrected chi connectivity index (χ2v) is 4.80. The lowest BCUT2D eigenvalue weighted by Crippen LogP contribution is -2.35. The fourth-order valence-corrected chi connectivity index (χ4v) is 1.34. The Morgan fingerprint density at radius 2 is 2.00 bits per heavy atom. The van der Waals surface area contributed by atoms with E-state index in [9.17, 15) is 4.79 Å². The third kappa shape index (κ3) is 6.89. The first-order chi connectivity index (χ1) is 6.39. The van der Waals surface area contributed by atoms with E-state index in [0.29, 0.717) is 12.5 Å². The second-order valence-electron chi connectivity index (χ2n) is 4.80. The lowest BCUT2D eigenvalue weighted by Gasteiger charge is -2.28. The average molecular weight is 201 g/mol. The van der Waals surface area contributed by atoms with E-state index in [-0.39, 0.29) is 5.60 Å². The van der Waals surface area contributed by atoms with Gasteiger partial charge < -0.3 is 0 Å². The van der Waals surface area contributed by atoms with Crippen LogP contribution in [0.15, 0.2) is 0 Å². The molecule has 0 aliphatic rings. The van der Waals surface area contributed by atoms with Crippen molar-refractivity contribution < 1.29 is 9.63 Å². The quantitative estimate of drug-likeness (QED) is 0.488. The number of hydrogen-bond acceptors (Lipinski definition) is 2. The minimum absolute atomic E-state index is 0.299. The van der Waals surface area contributed by atoms with Crippen LogP contribution >= 0.6 is 0 Å². The van der Waals surface area contributed by atoms with Crippen molar-refractivity contribution in [2.45, 2.75) is 53.1 Å². The number of nitrogens with zero attached hydrogens (tertiary/aromatic N) is 1. The molecule has 0 bridgehead atoms. The van der Waals surface area contributed by atoms with Crippen LogP contribution in [-0.2, 0) is 9.63 Å². The van der Waals surface area contributed by atoms with Crippen LogP contribution in [-0.4, -0.2) is 23.6 Å². The second kappa shape index (κ2) is 6.02. The van der Waals surface area contributed by atoms with E-state index in [2.05, 4.69) is 13.8 Å². The van der Waals surface area contributed by atoms with Gasteiger partial charge in [0, 0.05) is 0 Å². The van der Waals surface area contributed by atoms with Crippen LogP contribution in [0.5, 0.6) is 0 Å². The Kier molecular flexibility index (Phi) is 5.77. The molecule has 0 N–H and O–H groups in total. The number of carbonyl (C=O) groups excluding carboxylic acids is 1. The molecule has 0 saturated carbocycles. The van der Waals surface area contributed by atoms with Crippen LogP contribution in [0.1, 0.15) is 47.5 Å². The van der Waals surface area contributed by atoms with Crippen molar-refractivity contribution in [3.05, 3.63) is 0 Å².